The topological polar surface area (TPSA) is 312 Å². The molecule has 0 amide bonds. The molecule has 0 saturated carbocycles. The zero-order valence-electron chi connectivity index (χ0n) is 31.6. The van der Waals surface area contributed by atoms with Crippen LogP contribution in [0, 0.1) is 0 Å². The van der Waals surface area contributed by atoms with Crippen LogP contribution in [-0.4, -0.2) is 74.9 Å². The van der Waals surface area contributed by atoms with Crippen LogP contribution in [0.3, 0.4) is 0 Å². The fourth-order valence-electron chi connectivity index (χ4n) is 5.53. The largest absolute Gasteiger partial charge is 1.00 e. The van der Waals surface area contributed by atoms with Crippen molar-refractivity contribution in [3.63, 3.8) is 0 Å². The number of ketones is 2. The van der Waals surface area contributed by atoms with E-state index in [0.29, 0.717) is 0 Å². The number of nitrogens with one attached hydrogen (secondary N) is 2. The Hall–Kier alpha value is -1.98. The predicted molar refractivity (Wildman–Crippen MR) is 197 cm³/mol. The maximum atomic E-state index is 12.9. The number of nitrogens with zero attached hydrogens (tertiary/aromatic N) is 2. The molecular formula is C34H20N4Na4O14S4. The van der Waals surface area contributed by atoms with Crippen LogP contribution in [0.4, 0.5) is 11.4 Å². The van der Waals surface area contributed by atoms with Crippen LogP contribution >= 0.6 is 0 Å². The molecule has 0 spiro atoms. The van der Waals surface area contributed by atoms with Gasteiger partial charge in [0.1, 0.15) is 51.9 Å². The molecule has 0 unspecified atom stereocenters. The normalized spacial score (nSPS) is 15.3. The molecule has 0 aliphatic heterocycles. The van der Waals surface area contributed by atoms with E-state index in [1.165, 1.54) is 60.7 Å². The molecule has 0 atom stereocenters. The first-order valence-electron chi connectivity index (χ1n) is 15.3. The Labute approximate surface area is 431 Å². The van der Waals surface area contributed by atoms with Crippen molar-refractivity contribution >= 4 is 96.8 Å². The van der Waals surface area contributed by atoms with Gasteiger partial charge in [-0.1, -0.05) is 72.8 Å². The van der Waals surface area contributed by atoms with Crippen molar-refractivity contribution in [1.82, 2.24) is 0 Å². The first-order valence-corrected chi connectivity index (χ1v) is 20.9. The summed E-state index contributed by atoms with van der Waals surface area (Å²) in [5, 5.41) is 7.61. The molecule has 288 valence electrons. The van der Waals surface area contributed by atoms with Gasteiger partial charge in [-0.15, -0.1) is 0 Å². The van der Waals surface area contributed by atoms with E-state index in [0.717, 1.165) is 48.6 Å². The molecule has 0 aromatic heterocycles. The maximum Gasteiger partial charge on any atom is 1.00 e. The van der Waals surface area contributed by atoms with Gasteiger partial charge in [-0.25, -0.2) is 33.7 Å². The van der Waals surface area contributed by atoms with Crippen molar-refractivity contribution in [2.45, 2.75) is 9.79 Å². The Kier molecular flexibility index (Phi) is 19.1. The minimum atomic E-state index is -5.27. The van der Waals surface area contributed by atoms with Gasteiger partial charge in [0.2, 0.25) is 11.6 Å². The molecule has 26 heteroatoms. The molecule has 60 heavy (non-hydrogen) atoms. The SMILES string of the molecule is O=C1/C(=N\Nc2ccc(/C=C/c3ccc(N/N=C4\C=C(S(=O)(=O)[O-])c5ccccc5C4=O)cc3S(=O)(=O)[O-])c(S(=O)(=O)[O-])c2)C=C(S(=O)(=O)[O-])c2ccccc21.[Na+].[Na+].[Na+].[Na+]. The number of hydrogen-bond acceptors (Lipinski definition) is 18. The van der Waals surface area contributed by atoms with Gasteiger partial charge in [-0.3, -0.25) is 20.4 Å². The third-order valence-corrected chi connectivity index (χ3v) is 11.6. The van der Waals surface area contributed by atoms with Crippen LogP contribution in [0.1, 0.15) is 43.0 Å². The van der Waals surface area contributed by atoms with E-state index in [1.807, 2.05) is 0 Å². The van der Waals surface area contributed by atoms with Gasteiger partial charge in [0.15, 0.2) is 0 Å². The maximum absolute atomic E-state index is 12.9. The molecule has 0 fully saturated rings. The molecule has 0 radical (unpaired) electrons. The monoisotopic (exact) mass is 928 g/mol. The number of hydrazone groups is 2. The van der Waals surface area contributed by atoms with Crippen LogP contribution in [0.15, 0.2) is 117 Å². The van der Waals surface area contributed by atoms with Crippen LogP contribution < -0.4 is 129 Å². The summed E-state index contributed by atoms with van der Waals surface area (Å²) in [7, 11) is -20.7. The molecule has 2 N–H and O–H groups in total. The Morgan fingerprint density at radius 3 is 1.07 bits per heavy atom. The van der Waals surface area contributed by atoms with Crippen molar-refractivity contribution in [2.75, 3.05) is 10.9 Å². The van der Waals surface area contributed by atoms with E-state index in [9.17, 15) is 61.5 Å². The van der Waals surface area contributed by atoms with E-state index >= 15 is 0 Å². The number of Topliss-reactive ketones (excluding diaryl/α,β-unsaturated/α-hetero) is 2. The van der Waals surface area contributed by atoms with E-state index < -0.39 is 83.1 Å². The summed E-state index contributed by atoms with van der Waals surface area (Å²) in [6.07, 6.45) is 3.48. The number of fused-ring (bicyclic) bond motifs is 2. The third-order valence-electron chi connectivity index (χ3n) is 8.03. The van der Waals surface area contributed by atoms with Gasteiger partial charge >= 0.3 is 118 Å². The number of carbonyl (C=O) groups is 2. The number of carbonyl (C=O) groups excluding carboxylic acids is 2. The number of anilines is 2. The third kappa shape index (κ3) is 12.4. The molecule has 0 bridgehead atoms. The van der Waals surface area contributed by atoms with Crippen molar-refractivity contribution in [1.29, 1.82) is 0 Å². The number of benzene rings is 4. The molecule has 4 aromatic rings. The van der Waals surface area contributed by atoms with Crippen molar-refractivity contribution in [3.8, 4) is 0 Å². The van der Waals surface area contributed by atoms with Gasteiger partial charge in [0.05, 0.1) is 31.0 Å². The molecule has 2 aliphatic rings. The quantitative estimate of drug-likeness (QED) is 0.0646. The van der Waals surface area contributed by atoms with Gasteiger partial charge in [0, 0.05) is 22.3 Å². The number of hydrogen-bond donors (Lipinski definition) is 2. The van der Waals surface area contributed by atoms with Crippen molar-refractivity contribution in [2.24, 2.45) is 10.2 Å². The fourth-order valence-corrected chi connectivity index (χ4v) is 8.33. The number of allylic oxidation sites excluding steroid dienone is 2. The first-order chi connectivity index (χ1) is 26.1. The fraction of sp³-hybridized carbons (Fsp3) is 0. The van der Waals surface area contributed by atoms with Crippen LogP contribution in [-0.2, 0) is 40.5 Å². The molecule has 2 aliphatic carbocycles. The standard InChI is InChI=1S/C34H24N4O14S4.4Na/c39-33-25-7-3-1-5-23(25)31(55(47,48)49)17-27(33)37-35-21-13-11-19(29(15-21)53(41,42)43)9-10-20-12-14-22(16-30(20)54(44,45)46)36-38-28-18-32(56(50,51)52)24-6-2-4-8-26(24)34(28)40;;;;/h1-18,35-36H,(H,41,42,43)(H,44,45,46)(H,47,48,49)(H,50,51,52);;;;/q;4*+1/p-4/b10-9+,37-27-,38-28+;;;;. The van der Waals surface area contributed by atoms with Gasteiger partial charge in [0.25, 0.3) is 0 Å². The van der Waals surface area contributed by atoms with E-state index in [-0.39, 0.29) is 163 Å². The minimum absolute atomic E-state index is 0. The van der Waals surface area contributed by atoms with E-state index in [2.05, 4.69) is 21.1 Å². The molecule has 0 heterocycles. The summed E-state index contributed by atoms with van der Waals surface area (Å²) >= 11 is 0. The second kappa shape index (κ2) is 21.1. The van der Waals surface area contributed by atoms with E-state index in [1.54, 1.807) is 0 Å². The van der Waals surface area contributed by atoms with Gasteiger partial charge in [-0.2, -0.15) is 10.2 Å². The van der Waals surface area contributed by atoms with Crippen molar-refractivity contribution < 1.29 is 180 Å². The summed E-state index contributed by atoms with van der Waals surface area (Å²) < 4.78 is 145. The predicted octanol–water partition coefficient (Wildman–Crippen LogP) is -9.22. The zero-order chi connectivity index (χ0) is 40.8. The summed E-state index contributed by atoms with van der Waals surface area (Å²) in [5.41, 5.74) is 2.10. The summed E-state index contributed by atoms with van der Waals surface area (Å²) in [5.74, 6) is -1.55. The average Bonchev–Trinajstić information content (AvgIpc) is 3.12. The van der Waals surface area contributed by atoms with Gasteiger partial charge in [-0.05, 0) is 47.5 Å². The Bertz CT molecular complexity index is 2820. The van der Waals surface area contributed by atoms with Crippen LogP contribution in [0.25, 0.3) is 22.0 Å². The molecular weight excluding hydrogens is 909 g/mol. The summed E-state index contributed by atoms with van der Waals surface area (Å²) in [6.45, 7) is 0. The number of rotatable bonds is 10. The second-order valence-electron chi connectivity index (χ2n) is 11.6. The average molecular weight is 929 g/mol. The van der Waals surface area contributed by atoms with Gasteiger partial charge < -0.3 is 18.2 Å². The van der Waals surface area contributed by atoms with Crippen LogP contribution in [0.2, 0.25) is 0 Å². The molecule has 0 saturated heterocycles. The Morgan fingerprint density at radius 2 is 0.767 bits per heavy atom. The smallest absolute Gasteiger partial charge is 0.744 e. The minimum Gasteiger partial charge on any atom is -0.744 e. The first kappa shape index (κ1) is 54.2. The summed E-state index contributed by atoms with van der Waals surface area (Å²) in [6, 6.07) is 16.9. The Balaban J connectivity index is 0.00000310. The Morgan fingerprint density at radius 1 is 0.450 bits per heavy atom. The molecule has 6 rings (SSSR count). The molecule has 4 aromatic carbocycles. The second-order valence-corrected chi connectivity index (χ2v) is 17.0. The van der Waals surface area contributed by atoms with Crippen LogP contribution in [0.5, 0.6) is 0 Å². The van der Waals surface area contributed by atoms with Crippen molar-refractivity contribution in [3.05, 3.63) is 130 Å². The van der Waals surface area contributed by atoms with E-state index in [4.69, 9.17) is 0 Å². The molecule has 18 nitrogen and oxygen atoms in total. The summed E-state index contributed by atoms with van der Waals surface area (Å²) in [4.78, 5) is 22.7. The zero-order valence-corrected chi connectivity index (χ0v) is 42.9.